The number of aliphatic hydroxyl groups is 2. The van der Waals surface area contributed by atoms with E-state index in [1.165, 1.54) is 6.92 Å². The van der Waals surface area contributed by atoms with E-state index < -0.39 is 11.7 Å². The number of hydrogen-bond donors (Lipinski definition) is 3. The Balaban J connectivity index is 1.68. The Morgan fingerprint density at radius 1 is 1.25 bits per heavy atom. The van der Waals surface area contributed by atoms with Gasteiger partial charge in [-0.2, -0.15) is 0 Å². The van der Waals surface area contributed by atoms with Crippen molar-refractivity contribution in [3.05, 3.63) is 23.8 Å². The lowest BCUT2D eigenvalue weighted by molar-refractivity contribution is -0.170. The Labute approximate surface area is 191 Å². The molecule has 32 heavy (non-hydrogen) atoms. The molecule has 2 aliphatic carbocycles. The smallest absolute Gasteiger partial charge is 0.303 e. The lowest BCUT2D eigenvalue weighted by atomic mass is 9.69. The van der Waals surface area contributed by atoms with Crippen molar-refractivity contribution in [3.8, 4) is 11.5 Å². The molecule has 2 saturated carbocycles. The number of phenols is 1. The minimum Gasteiger partial charge on any atom is -0.504 e. The van der Waals surface area contributed by atoms with E-state index in [1.807, 2.05) is 12.1 Å². The zero-order chi connectivity index (χ0) is 23.1. The molecule has 2 fully saturated rings. The summed E-state index contributed by atoms with van der Waals surface area (Å²) in [4.78, 5) is 11.9. The van der Waals surface area contributed by atoms with Gasteiger partial charge >= 0.3 is 5.97 Å². The molecule has 6 nitrogen and oxygen atoms in total. The second kappa shape index (κ2) is 11.4. The molecule has 0 saturated heterocycles. The summed E-state index contributed by atoms with van der Waals surface area (Å²) in [6.07, 6.45) is 8.83. The molecule has 0 amide bonds. The third-order valence-electron chi connectivity index (χ3n) is 7.36. The van der Waals surface area contributed by atoms with E-state index in [1.54, 1.807) is 6.07 Å². The predicted octanol–water partition coefficient (Wildman–Crippen LogP) is 4.52. The van der Waals surface area contributed by atoms with Gasteiger partial charge in [0.05, 0.1) is 12.2 Å². The fourth-order valence-electron chi connectivity index (χ4n) is 5.66. The van der Waals surface area contributed by atoms with E-state index >= 15 is 0 Å². The van der Waals surface area contributed by atoms with Gasteiger partial charge in [0.1, 0.15) is 5.60 Å². The zero-order valence-corrected chi connectivity index (χ0v) is 19.6. The fourth-order valence-corrected chi connectivity index (χ4v) is 5.66. The number of carbonyl (C=O) groups is 1. The predicted molar refractivity (Wildman–Crippen MR) is 123 cm³/mol. The van der Waals surface area contributed by atoms with Gasteiger partial charge in [0.15, 0.2) is 11.5 Å². The van der Waals surface area contributed by atoms with Crippen LogP contribution in [0.2, 0.25) is 0 Å². The number of esters is 1. The Bertz CT molecular complexity index is 744. The van der Waals surface area contributed by atoms with Gasteiger partial charge in [0, 0.05) is 20.0 Å². The van der Waals surface area contributed by atoms with E-state index in [0.717, 1.165) is 50.5 Å². The second-order valence-corrected chi connectivity index (χ2v) is 9.81. The van der Waals surface area contributed by atoms with Gasteiger partial charge < -0.3 is 24.8 Å². The van der Waals surface area contributed by atoms with Crippen LogP contribution in [0.4, 0.5) is 0 Å². The molecule has 6 heteroatoms. The Kier molecular flexibility index (Phi) is 8.83. The van der Waals surface area contributed by atoms with Crippen molar-refractivity contribution >= 4 is 5.97 Å². The van der Waals surface area contributed by atoms with Crippen LogP contribution in [-0.4, -0.2) is 45.7 Å². The topological polar surface area (TPSA) is 96.2 Å². The van der Waals surface area contributed by atoms with Crippen molar-refractivity contribution in [1.29, 1.82) is 0 Å². The van der Waals surface area contributed by atoms with Gasteiger partial charge in [-0.1, -0.05) is 19.4 Å². The van der Waals surface area contributed by atoms with Crippen LogP contribution in [0.5, 0.6) is 11.5 Å². The van der Waals surface area contributed by atoms with Crippen LogP contribution in [-0.2, 0) is 16.0 Å². The normalized spacial score (nSPS) is 27.2. The average Bonchev–Trinajstić information content (AvgIpc) is 3.26. The maximum Gasteiger partial charge on any atom is 0.303 e. The summed E-state index contributed by atoms with van der Waals surface area (Å²) in [5.41, 5.74) is 0.302. The number of ether oxygens (including phenoxy) is 2. The highest BCUT2D eigenvalue weighted by molar-refractivity contribution is 5.66. The molecule has 1 aromatic rings. The third kappa shape index (κ3) is 6.38. The van der Waals surface area contributed by atoms with E-state index in [4.69, 9.17) is 9.47 Å². The maximum absolute atomic E-state index is 11.9. The molecule has 0 bridgehead atoms. The highest BCUT2D eigenvalue weighted by Crippen LogP contribution is 2.42. The second-order valence-electron chi connectivity index (χ2n) is 9.81. The van der Waals surface area contributed by atoms with E-state index in [9.17, 15) is 20.1 Å². The number of carbonyl (C=O) groups excluding carboxylic acids is 1. The van der Waals surface area contributed by atoms with Crippen molar-refractivity contribution in [2.45, 2.75) is 102 Å². The van der Waals surface area contributed by atoms with Gasteiger partial charge in [-0.3, -0.25) is 4.79 Å². The SMILES string of the molecule is CCCC(CO)C1CCC(CCc2ccc(O)c(OC3CCCC3)c2)(OC(C)=O)CC1O. The molecule has 0 aliphatic heterocycles. The van der Waals surface area contributed by atoms with Gasteiger partial charge in [-0.15, -0.1) is 0 Å². The molecule has 180 valence electrons. The standard InChI is InChI=1S/C26H40O6/c1-3-6-20(17-27)22-12-14-26(16-24(22)30,32-18(2)28)13-11-19-9-10-23(29)25(15-19)31-21-7-4-5-8-21/h9-10,15,20-22,24,27,29-30H,3-8,11-14,16-17H2,1-2H3. The molecular formula is C26H40O6. The Morgan fingerprint density at radius 3 is 2.62 bits per heavy atom. The van der Waals surface area contributed by atoms with Crippen molar-refractivity contribution in [2.75, 3.05) is 6.61 Å². The zero-order valence-electron chi connectivity index (χ0n) is 19.6. The lowest BCUT2D eigenvalue weighted by Gasteiger charge is -2.44. The van der Waals surface area contributed by atoms with E-state index in [2.05, 4.69) is 6.92 Å². The summed E-state index contributed by atoms with van der Waals surface area (Å²) in [7, 11) is 0. The van der Waals surface area contributed by atoms with Crippen LogP contribution in [0.15, 0.2) is 18.2 Å². The van der Waals surface area contributed by atoms with E-state index in [-0.39, 0.29) is 36.3 Å². The van der Waals surface area contributed by atoms with Gasteiger partial charge in [-0.25, -0.2) is 0 Å². The summed E-state index contributed by atoms with van der Waals surface area (Å²) in [6.45, 7) is 3.58. The highest BCUT2D eigenvalue weighted by Gasteiger charge is 2.44. The molecule has 4 atom stereocenters. The Hall–Kier alpha value is -1.79. The minimum atomic E-state index is -0.710. The summed E-state index contributed by atoms with van der Waals surface area (Å²) in [5, 5.41) is 30.9. The molecule has 2 aliphatic rings. The first-order chi connectivity index (χ1) is 15.4. The van der Waals surface area contributed by atoms with Gasteiger partial charge in [0.25, 0.3) is 0 Å². The monoisotopic (exact) mass is 448 g/mol. The number of aryl methyl sites for hydroxylation is 1. The number of rotatable bonds is 10. The van der Waals surface area contributed by atoms with Crippen LogP contribution in [0, 0.1) is 11.8 Å². The quantitative estimate of drug-likeness (QED) is 0.456. The van der Waals surface area contributed by atoms with Crippen LogP contribution < -0.4 is 4.74 Å². The Morgan fingerprint density at radius 2 is 2.00 bits per heavy atom. The van der Waals surface area contributed by atoms with Crippen molar-refractivity contribution in [2.24, 2.45) is 11.8 Å². The summed E-state index contributed by atoms with van der Waals surface area (Å²) >= 11 is 0. The molecule has 3 N–H and O–H groups in total. The number of aromatic hydroxyl groups is 1. The fraction of sp³-hybridized carbons (Fsp3) is 0.731. The van der Waals surface area contributed by atoms with Crippen LogP contribution in [0.3, 0.4) is 0 Å². The number of benzene rings is 1. The van der Waals surface area contributed by atoms with Crippen molar-refractivity contribution in [3.63, 3.8) is 0 Å². The van der Waals surface area contributed by atoms with Gasteiger partial charge in [-0.05, 0) is 87.3 Å². The first-order valence-corrected chi connectivity index (χ1v) is 12.3. The van der Waals surface area contributed by atoms with Crippen LogP contribution in [0.25, 0.3) is 0 Å². The molecule has 0 aromatic heterocycles. The minimum absolute atomic E-state index is 0.0312. The molecule has 0 spiro atoms. The average molecular weight is 449 g/mol. The largest absolute Gasteiger partial charge is 0.504 e. The van der Waals surface area contributed by atoms with Crippen molar-refractivity contribution < 1.29 is 29.6 Å². The van der Waals surface area contributed by atoms with Crippen molar-refractivity contribution in [1.82, 2.24) is 0 Å². The van der Waals surface area contributed by atoms with Crippen LogP contribution in [0.1, 0.15) is 83.6 Å². The molecule has 0 heterocycles. The third-order valence-corrected chi connectivity index (χ3v) is 7.36. The van der Waals surface area contributed by atoms with E-state index in [0.29, 0.717) is 31.4 Å². The summed E-state index contributed by atoms with van der Waals surface area (Å²) in [6, 6.07) is 5.43. The summed E-state index contributed by atoms with van der Waals surface area (Å²) in [5.74, 6) is 0.447. The lowest BCUT2D eigenvalue weighted by Crippen LogP contribution is -2.47. The first kappa shape index (κ1) is 24.8. The molecule has 4 unspecified atom stereocenters. The van der Waals surface area contributed by atoms with Crippen LogP contribution >= 0.6 is 0 Å². The van der Waals surface area contributed by atoms with Gasteiger partial charge in [0.2, 0.25) is 0 Å². The summed E-state index contributed by atoms with van der Waals surface area (Å²) < 4.78 is 11.8. The molecule has 3 rings (SSSR count). The molecule has 1 aromatic carbocycles. The number of phenolic OH excluding ortho intramolecular Hbond substituents is 1. The highest BCUT2D eigenvalue weighted by atomic mass is 16.6. The molecular weight excluding hydrogens is 408 g/mol. The first-order valence-electron chi connectivity index (χ1n) is 12.3. The number of aliphatic hydroxyl groups excluding tert-OH is 2. The maximum atomic E-state index is 11.9. The molecule has 0 radical (unpaired) electrons. The number of hydrogen-bond acceptors (Lipinski definition) is 6.